The van der Waals surface area contributed by atoms with Crippen molar-refractivity contribution in [2.45, 2.75) is 24.8 Å². The average molecular weight is 159 g/mol. The van der Waals surface area contributed by atoms with Crippen molar-refractivity contribution < 1.29 is 0 Å². The molecule has 1 rings (SSSR count). The van der Waals surface area contributed by atoms with Crippen LogP contribution in [0.15, 0.2) is 0 Å². The summed E-state index contributed by atoms with van der Waals surface area (Å²) in [5.41, 5.74) is 3.49. The molecule has 1 unspecified atom stereocenters. The Bertz CT molecular complexity index is 279. The highest BCUT2D eigenvalue weighted by Gasteiger charge is 2.06. The van der Waals surface area contributed by atoms with E-state index < -0.39 is 9.52 Å². The molecule has 0 spiro atoms. The lowest BCUT2D eigenvalue weighted by Crippen LogP contribution is -2.02. The second-order valence-electron chi connectivity index (χ2n) is 2.53. The maximum Gasteiger partial charge on any atom is 0.151 e. The third-order valence-electron chi connectivity index (χ3n) is 1.65. The second kappa shape index (κ2) is 4.61. The maximum atomic E-state index is 8.16. The van der Waals surface area contributed by atoms with Crippen LogP contribution >= 0.6 is 0 Å². The van der Waals surface area contributed by atoms with Crippen LogP contribution in [0.5, 0.6) is 0 Å². The van der Waals surface area contributed by atoms with Gasteiger partial charge in [0.2, 0.25) is 0 Å². The zero-order valence-corrected chi connectivity index (χ0v) is 7.77. The Kier molecular flexibility index (Phi) is 3.32. The van der Waals surface area contributed by atoms with Crippen molar-refractivity contribution in [3.05, 3.63) is 0 Å². The fourth-order valence-corrected chi connectivity index (χ4v) is 2.26. The highest BCUT2D eigenvalue weighted by Crippen LogP contribution is 2.15. The van der Waals surface area contributed by atoms with E-state index in [4.69, 9.17) is 5.26 Å². The lowest BCUT2D eigenvalue weighted by molar-refractivity contribution is 0.758. The maximum absolute atomic E-state index is 8.16. The zero-order chi connectivity index (χ0) is 7.94. The summed E-state index contributed by atoms with van der Waals surface area (Å²) >= 11 is 0. The van der Waals surface area contributed by atoms with Gasteiger partial charge in [0, 0.05) is 17.9 Å². The molecule has 0 heterocycles. The molecule has 11 heavy (non-hydrogen) atoms. The smallest absolute Gasteiger partial charge is 0.151 e. The summed E-state index contributed by atoms with van der Waals surface area (Å²) in [4.78, 5) is 0. The molecule has 0 saturated carbocycles. The minimum absolute atomic E-state index is 0.403. The van der Waals surface area contributed by atoms with Crippen LogP contribution in [0.3, 0.4) is 0 Å². The fourth-order valence-electron chi connectivity index (χ4n) is 1.09. The lowest BCUT2D eigenvalue weighted by atomic mass is 10.1. The summed E-state index contributed by atoms with van der Waals surface area (Å²) in [6.45, 7) is 0. The van der Waals surface area contributed by atoms with Crippen LogP contribution in [0.2, 0.25) is 5.54 Å². The molecule has 1 aliphatic rings. The van der Waals surface area contributed by atoms with Crippen LogP contribution < -0.4 is 0 Å². The van der Waals surface area contributed by atoms with Crippen molar-refractivity contribution in [2.24, 2.45) is 0 Å². The van der Waals surface area contributed by atoms with Crippen molar-refractivity contribution >= 4 is 9.52 Å². The first-order chi connectivity index (χ1) is 5.43. The lowest BCUT2D eigenvalue weighted by Gasteiger charge is -2.07. The van der Waals surface area contributed by atoms with Crippen LogP contribution in [0, 0.1) is 34.6 Å². The zero-order valence-electron chi connectivity index (χ0n) is 6.35. The van der Waals surface area contributed by atoms with E-state index in [1.807, 2.05) is 6.07 Å². The van der Waals surface area contributed by atoms with E-state index in [1.54, 1.807) is 0 Å². The standard InChI is InChI=1S/C9H9NSi/c10-7-4-8-11-9-5-2-1-3-6-9/h9H,1-2,5,11H2. The molecule has 0 amide bonds. The Morgan fingerprint density at radius 2 is 2.45 bits per heavy atom. The van der Waals surface area contributed by atoms with Crippen LogP contribution in [0.4, 0.5) is 0 Å². The second-order valence-corrected chi connectivity index (χ2v) is 4.28. The molecular formula is C9H9NSi. The van der Waals surface area contributed by atoms with Gasteiger partial charge in [0.25, 0.3) is 0 Å². The van der Waals surface area contributed by atoms with Gasteiger partial charge in [0.05, 0.1) is 0 Å². The van der Waals surface area contributed by atoms with Gasteiger partial charge in [-0.25, -0.2) is 0 Å². The summed E-state index contributed by atoms with van der Waals surface area (Å²) in [6, 6.07) is 1.83. The molecule has 1 aliphatic carbocycles. The normalized spacial score (nSPS) is 21.2. The Hall–Kier alpha value is -1.17. The van der Waals surface area contributed by atoms with Crippen LogP contribution in [0.25, 0.3) is 0 Å². The van der Waals surface area contributed by atoms with Crippen molar-refractivity contribution in [2.75, 3.05) is 0 Å². The van der Waals surface area contributed by atoms with Gasteiger partial charge in [-0.3, -0.25) is 0 Å². The molecule has 54 valence electrons. The molecular weight excluding hydrogens is 150 g/mol. The largest absolute Gasteiger partial charge is 0.183 e. The van der Waals surface area contributed by atoms with Crippen LogP contribution in [-0.2, 0) is 0 Å². The molecule has 0 fully saturated rings. The van der Waals surface area contributed by atoms with E-state index in [2.05, 4.69) is 23.3 Å². The van der Waals surface area contributed by atoms with Crippen LogP contribution in [0.1, 0.15) is 19.3 Å². The van der Waals surface area contributed by atoms with Crippen molar-refractivity contribution in [1.82, 2.24) is 0 Å². The molecule has 1 nitrogen and oxygen atoms in total. The number of nitriles is 1. The van der Waals surface area contributed by atoms with E-state index in [1.165, 1.54) is 12.8 Å². The van der Waals surface area contributed by atoms with Crippen molar-refractivity contribution in [1.29, 1.82) is 5.26 Å². The average Bonchev–Trinajstić information content (AvgIpc) is 2.07. The van der Waals surface area contributed by atoms with Gasteiger partial charge in [-0.2, -0.15) is 5.26 Å². The number of rotatable bonds is 1. The summed E-state index contributed by atoms with van der Waals surface area (Å²) in [6.07, 6.45) is 3.48. The summed E-state index contributed by atoms with van der Waals surface area (Å²) in [5.74, 6) is 8.72. The highest BCUT2D eigenvalue weighted by atomic mass is 28.2. The Balaban J connectivity index is 2.36. The molecule has 0 aromatic heterocycles. The quantitative estimate of drug-likeness (QED) is 0.406. The number of hydrogen-bond acceptors (Lipinski definition) is 1. The topological polar surface area (TPSA) is 23.8 Å². The summed E-state index contributed by atoms with van der Waals surface area (Å²) in [5, 5.41) is 8.16. The minimum Gasteiger partial charge on any atom is -0.183 e. The first-order valence-corrected chi connectivity index (χ1v) is 5.31. The number of nitrogens with zero attached hydrogens (tertiary/aromatic N) is 1. The number of hydrogen-bond donors (Lipinski definition) is 0. The molecule has 0 saturated heterocycles. The molecule has 0 aromatic rings. The van der Waals surface area contributed by atoms with Crippen LogP contribution in [-0.4, -0.2) is 9.52 Å². The molecule has 0 aromatic carbocycles. The molecule has 0 bridgehead atoms. The fraction of sp³-hybridized carbons (Fsp3) is 0.444. The van der Waals surface area contributed by atoms with Crippen molar-refractivity contribution in [3.8, 4) is 29.4 Å². The SMILES string of the molecule is N#CC#C[SiH2]C1C#CCCC1. The van der Waals surface area contributed by atoms with Gasteiger partial charge in [-0.1, -0.05) is 0 Å². The molecule has 1 atom stereocenters. The van der Waals surface area contributed by atoms with Crippen molar-refractivity contribution in [3.63, 3.8) is 0 Å². The predicted octanol–water partition coefficient (Wildman–Crippen LogP) is 0.615. The first kappa shape index (κ1) is 7.93. The van der Waals surface area contributed by atoms with Gasteiger partial charge in [0.1, 0.15) is 9.52 Å². The Morgan fingerprint density at radius 3 is 3.09 bits per heavy atom. The van der Waals surface area contributed by atoms with Gasteiger partial charge < -0.3 is 0 Å². The summed E-state index contributed by atoms with van der Waals surface area (Å²) < 4.78 is 0. The van der Waals surface area contributed by atoms with E-state index >= 15 is 0 Å². The monoisotopic (exact) mass is 159 g/mol. The van der Waals surface area contributed by atoms with E-state index in [-0.39, 0.29) is 0 Å². The van der Waals surface area contributed by atoms with E-state index in [0.717, 1.165) is 6.42 Å². The van der Waals surface area contributed by atoms with E-state index in [0.29, 0.717) is 5.54 Å². The third-order valence-corrected chi connectivity index (χ3v) is 3.14. The Labute approximate surface area is 69.6 Å². The third kappa shape index (κ3) is 2.94. The van der Waals surface area contributed by atoms with Gasteiger partial charge in [-0.05, 0) is 12.8 Å². The van der Waals surface area contributed by atoms with Gasteiger partial charge in [0.15, 0.2) is 6.07 Å². The minimum atomic E-state index is -0.403. The molecule has 0 aliphatic heterocycles. The molecule has 2 heteroatoms. The van der Waals surface area contributed by atoms with Gasteiger partial charge >= 0.3 is 0 Å². The van der Waals surface area contributed by atoms with Gasteiger partial charge in [-0.15, -0.1) is 17.4 Å². The van der Waals surface area contributed by atoms with E-state index in [9.17, 15) is 0 Å². The first-order valence-electron chi connectivity index (χ1n) is 3.79. The predicted molar refractivity (Wildman–Crippen MR) is 47.3 cm³/mol. The molecule has 0 radical (unpaired) electrons. The highest BCUT2D eigenvalue weighted by molar-refractivity contribution is 6.49. The summed E-state index contributed by atoms with van der Waals surface area (Å²) in [7, 11) is -0.403. The molecule has 0 N–H and O–H groups in total. The Morgan fingerprint density at radius 1 is 1.55 bits per heavy atom.